The first-order chi connectivity index (χ1) is 10.1. The van der Waals surface area contributed by atoms with Gasteiger partial charge in [0.15, 0.2) is 0 Å². The zero-order valence-corrected chi connectivity index (χ0v) is 13.2. The first kappa shape index (κ1) is 13.7. The van der Waals surface area contributed by atoms with Crippen LogP contribution in [0.25, 0.3) is 0 Å². The lowest BCUT2D eigenvalue weighted by molar-refractivity contribution is 0.0189. The van der Waals surface area contributed by atoms with Crippen LogP contribution in [0.3, 0.4) is 0 Å². The lowest BCUT2D eigenvalue weighted by Crippen LogP contribution is -2.64. The smallest absolute Gasteiger partial charge is 0.150 e. The van der Waals surface area contributed by atoms with Crippen LogP contribution in [-0.2, 0) is 0 Å². The number of halogens is 2. The number of pyridine rings is 1. The summed E-state index contributed by atoms with van der Waals surface area (Å²) in [6, 6.07) is 1.71. The van der Waals surface area contributed by atoms with Gasteiger partial charge in [0.25, 0.3) is 0 Å². The van der Waals surface area contributed by atoms with E-state index in [0.29, 0.717) is 15.9 Å². The van der Waals surface area contributed by atoms with Crippen LogP contribution >= 0.6 is 23.2 Å². The Bertz CT molecular complexity index is 595. The van der Waals surface area contributed by atoms with E-state index >= 15 is 0 Å². The molecule has 0 amide bonds. The molecule has 1 atom stereocenters. The maximum Gasteiger partial charge on any atom is 0.150 e. The second-order valence-electron chi connectivity index (χ2n) is 6.26. The molecule has 4 aliphatic heterocycles. The number of nitrogens with zero attached hydrogens (tertiary/aromatic N) is 2. The number of hydrogen-bond acceptors (Lipinski definition) is 4. The van der Waals surface area contributed by atoms with Crippen molar-refractivity contribution in [3.05, 3.63) is 34.2 Å². The van der Waals surface area contributed by atoms with Gasteiger partial charge in [0, 0.05) is 12.7 Å². The van der Waals surface area contributed by atoms with Crippen molar-refractivity contribution in [2.75, 3.05) is 25.0 Å². The normalized spacial score (nSPS) is 33.9. The summed E-state index contributed by atoms with van der Waals surface area (Å²) in [7, 11) is 0. The number of aromatic nitrogens is 1. The Hall–Kier alpha value is -0.970. The molecule has 1 spiro atoms. The van der Waals surface area contributed by atoms with Gasteiger partial charge in [-0.05, 0) is 50.4 Å². The molecule has 1 aromatic rings. The topological polar surface area (TPSA) is 40.2 Å². The van der Waals surface area contributed by atoms with Gasteiger partial charge in [0.05, 0.1) is 15.6 Å². The molecule has 0 aliphatic carbocycles. The predicted molar refractivity (Wildman–Crippen MR) is 85.6 cm³/mol. The second kappa shape index (κ2) is 5.04. The summed E-state index contributed by atoms with van der Waals surface area (Å²) in [5, 5.41) is 8.09. The first-order valence-electron chi connectivity index (χ1n) is 7.43. The van der Waals surface area contributed by atoms with Crippen LogP contribution in [0, 0.1) is 5.92 Å². The van der Waals surface area contributed by atoms with Crippen LogP contribution in [0.1, 0.15) is 19.3 Å². The molecule has 6 heteroatoms. The van der Waals surface area contributed by atoms with Crippen LogP contribution in [0.15, 0.2) is 24.2 Å². The molecule has 0 radical (unpaired) electrons. The quantitative estimate of drug-likeness (QED) is 0.877. The zero-order valence-electron chi connectivity index (χ0n) is 11.7. The molecule has 0 saturated carbocycles. The summed E-state index contributed by atoms with van der Waals surface area (Å²) < 4.78 is 0. The van der Waals surface area contributed by atoms with Crippen molar-refractivity contribution in [2.45, 2.75) is 24.8 Å². The molecule has 5 heterocycles. The molecule has 2 N–H and O–H groups in total. The standard InChI is InChI=1S/C15H18Cl2N4/c16-11-7-12(17)14(18-8-11)19-13-1-4-15(20-13)9-21-5-2-10(15)3-6-21/h1,7-8,10,20H,2-6,9H2,(H,18,19)/t15-/m0/s1. The molecule has 3 saturated heterocycles. The molecular weight excluding hydrogens is 307 g/mol. The van der Waals surface area contributed by atoms with Gasteiger partial charge in [-0.2, -0.15) is 0 Å². The Morgan fingerprint density at radius 1 is 1.33 bits per heavy atom. The highest BCUT2D eigenvalue weighted by Gasteiger charge is 2.48. The minimum atomic E-state index is 0.206. The summed E-state index contributed by atoms with van der Waals surface area (Å²) >= 11 is 12.1. The van der Waals surface area contributed by atoms with E-state index in [4.69, 9.17) is 23.2 Å². The van der Waals surface area contributed by atoms with Crippen molar-refractivity contribution in [3.8, 4) is 0 Å². The molecule has 0 unspecified atom stereocenters. The molecule has 1 aromatic heterocycles. The highest BCUT2D eigenvalue weighted by molar-refractivity contribution is 6.36. The Balaban J connectivity index is 1.49. The van der Waals surface area contributed by atoms with Crippen molar-refractivity contribution in [1.29, 1.82) is 0 Å². The van der Waals surface area contributed by atoms with Gasteiger partial charge in [-0.25, -0.2) is 4.98 Å². The predicted octanol–water partition coefficient (Wildman–Crippen LogP) is 3.10. The van der Waals surface area contributed by atoms with Gasteiger partial charge in [0.1, 0.15) is 11.6 Å². The van der Waals surface area contributed by atoms with Gasteiger partial charge in [-0.3, -0.25) is 0 Å². The Morgan fingerprint density at radius 2 is 2.14 bits per heavy atom. The van der Waals surface area contributed by atoms with Crippen molar-refractivity contribution < 1.29 is 0 Å². The fourth-order valence-corrected chi connectivity index (χ4v) is 4.34. The maximum atomic E-state index is 6.18. The summed E-state index contributed by atoms with van der Waals surface area (Å²) in [4.78, 5) is 6.82. The molecule has 2 bridgehead atoms. The molecule has 4 aliphatic rings. The van der Waals surface area contributed by atoms with Crippen molar-refractivity contribution in [2.24, 2.45) is 5.92 Å². The van der Waals surface area contributed by atoms with E-state index < -0.39 is 0 Å². The van der Waals surface area contributed by atoms with E-state index in [-0.39, 0.29) is 5.54 Å². The largest absolute Gasteiger partial charge is 0.365 e. The van der Waals surface area contributed by atoms with Gasteiger partial charge < -0.3 is 15.5 Å². The Morgan fingerprint density at radius 3 is 2.81 bits per heavy atom. The Labute approximate surface area is 134 Å². The first-order valence-corrected chi connectivity index (χ1v) is 8.19. The van der Waals surface area contributed by atoms with Gasteiger partial charge in [-0.15, -0.1) is 0 Å². The fraction of sp³-hybridized carbons (Fsp3) is 0.533. The summed E-state index contributed by atoms with van der Waals surface area (Å²) in [6.45, 7) is 3.64. The van der Waals surface area contributed by atoms with Crippen LogP contribution in [0.4, 0.5) is 5.82 Å². The van der Waals surface area contributed by atoms with E-state index in [1.54, 1.807) is 12.3 Å². The molecule has 5 rings (SSSR count). The summed E-state index contributed by atoms with van der Waals surface area (Å²) in [5.74, 6) is 2.44. The van der Waals surface area contributed by atoms with Crippen LogP contribution in [0.5, 0.6) is 0 Å². The molecular formula is C15H18Cl2N4. The third-order valence-corrected chi connectivity index (χ3v) is 5.48. The van der Waals surface area contributed by atoms with E-state index in [9.17, 15) is 0 Å². The van der Waals surface area contributed by atoms with Crippen LogP contribution in [-0.4, -0.2) is 35.1 Å². The number of nitrogens with one attached hydrogen (secondary N) is 2. The van der Waals surface area contributed by atoms with E-state index in [0.717, 1.165) is 24.7 Å². The lowest BCUT2D eigenvalue weighted by Gasteiger charge is -2.52. The molecule has 3 fully saturated rings. The zero-order chi connectivity index (χ0) is 14.4. The number of piperidine rings is 3. The lowest BCUT2D eigenvalue weighted by atomic mass is 9.72. The van der Waals surface area contributed by atoms with E-state index in [2.05, 4.69) is 26.6 Å². The van der Waals surface area contributed by atoms with Gasteiger partial charge in [0.2, 0.25) is 0 Å². The average Bonchev–Trinajstić information content (AvgIpc) is 2.86. The van der Waals surface area contributed by atoms with Crippen LogP contribution in [0.2, 0.25) is 10.0 Å². The number of hydrogen-bond donors (Lipinski definition) is 2. The van der Waals surface area contributed by atoms with E-state index in [1.165, 1.54) is 25.9 Å². The monoisotopic (exact) mass is 324 g/mol. The minimum Gasteiger partial charge on any atom is -0.365 e. The number of rotatable bonds is 2. The third kappa shape index (κ3) is 2.39. The fourth-order valence-electron chi connectivity index (χ4n) is 3.92. The number of fused-ring (bicyclic) bond motifs is 2. The SMILES string of the molecule is Clc1cnc(NC2=CC[C@@]3(CN4CCC3CC4)N2)c(Cl)c1. The van der Waals surface area contributed by atoms with Gasteiger partial charge in [-0.1, -0.05) is 23.2 Å². The molecule has 112 valence electrons. The third-order valence-electron chi connectivity index (χ3n) is 4.99. The minimum absolute atomic E-state index is 0.206. The Kier molecular flexibility index (Phi) is 3.28. The maximum absolute atomic E-state index is 6.18. The summed E-state index contributed by atoms with van der Waals surface area (Å²) in [6.07, 6.45) is 7.51. The van der Waals surface area contributed by atoms with Crippen LogP contribution < -0.4 is 10.6 Å². The number of anilines is 1. The average molecular weight is 325 g/mol. The van der Waals surface area contributed by atoms with Gasteiger partial charge >= 0.3 is 0 Å². The van der Waals surface area contributed by atoms with Crippen molar-refractivity contribution in [1.82, 2.24) is 15.2 Å². The summed E-state index contributed by atoms with van der Waals surface area (Å²) in [5.41, 5.74) is 0.206. The van der Waals surface area contributed by atoms with Crippen molar-refractivity contribution >= 4 is 29.0 Å². The second-order valence-corrected chi connectivity index (χ2v) is 7.11. The molecule has 0 aromatic carbocycles. The van der Waals surface area contributed by atoms with E-state index in [1.807, 2.05) is 0 Å². The molecule has 21 heavy (non-hydrogen) atoms. The highest BCUT2D eigenvalue weighted by atomic mass is 35.5. The molecule has 4 nitrogen and oxygen atoms in total. The highest BCUT2D eigenvalue weighted by Crippen LogP contribution is 2.41. The van der Waals surface area contributed by atoms with Crippen molar-refractivity contribution in [3.63, 3.8) is 0 Å².